The smallest absolute Gasteiger partial charge is 0.328 e. The zero-order chi connectivity index (χ0) is 22.0. The summed E-state index contributed by atoms with van der Waals surface area (Å²) in [6, 6.07) is 11.7. The normalized spacial score (nSPS) is 13.3. The topological polar surface area (TPSA) is 65.7 Å². The minimum Gasteiger partial charge on any atom is -0.490 e. The van der Waals surface area contributed by atoms with Gasteiger partial charge in [-0.2, -0.15) is 0 Å². The summed E-state index contributed by atoms with van der Waals surface area (Å²) in [6.07, 6.45) is 1.07. The number of amides is 1. The lowest BCUT2D eigenvalue weighted by molar-refractivity contribution is -0.132. The number of aryl methyl sites for hydroxylation is 2. The van der Waals surface area contributed by atoms with Gasteiger partial charge in [-0.25, -0.2) is 4.79 Å². The number of carbonyl (C=O) groups excluding carboxylic acids is 1. The van der Waals surface area contributed by atoms with Gasteiger partial charge in [-0.1, -0.05) is 12.1 Å². The number of aromatic nitrogens is 2. The summed E-state index contributed by atoms with van der Waals surface area (Å²) in [6.45, 7) is 6.62. The van der Waals surface area contributed by atoms with E-state index < -0.39 is 0 Å². The highest BCUT2D eigenvalue weighted by Gasteiger charge is 2.23. The average Bonchev–Trinajstić information content (AvgIpc) is 3.02. The Bertz CT molecular complexity index is 1160. The third-order valence-corrected chi connectivity index (χ3v) is 5.83. The Hall–Kier alpha value is -3.22. The van der Waals surface area contributed by atoms with Crippen LogP contribution in [0.3, 0.4) is 0 Å². The number of hydrogen-bond donors (Lipinski definition) is 0. The number of nitrogens with zero attached hydrogens (tertiary/aromatic N) is 3. The molecule has 0 fully saturated rings. The molecule has 2 heterocycles. The van der Waals surface area contributed by atoms with Gasteiger partial charge in [-0.15, -0.1) is 0 Å². The van der Waals surface area contributed by atoms with Gasteiger partial charge in [0.05, 0.1) is 24.2 Å². The van der Waals surface area contributed by atoms with Crippen molar-refractivity contribution in [2.75, 3.05) is 19.8 Å². The van der Waals surface area contributed by atoms with Crippen molar-refractivity contribution in [2.45, 2.75) is 39.8 Å². The van der Waals surface area contributed by atoms with Crippen LogP contribution in [0.25, 0.3) is 11.0 Å². The molecule has 0 saturated heterocycles. The van der Waals surface area contributed by atoms with Crippen LogP contribution in [0.1, 0.15) is 31.4 Å². The first-order valence-corrected chi connectivity index (χ1v) is 10.9. The minimum atomic E-state index is -0.0946. The van der Waals surface area contributed by atoms with Crippen LogP contribution in [0.5, 0.6) is 11.5 Å². The zero-order valence-corrected chi connectivity index (χ0v) is 18.4. The number of benzene rings is 2. The number of carbonyl (C=O) groups is 1. The summed E-state index contributed by atoms with van der Waals surface area (Å²) in [5.74, 6) is 1.54. The van der Waals surface area contributed by atoms with Crippen molar-refractivity contribution in [3.05, 3.63) is 58.0 Å². The SMILES string of the molecule is CCOc1cc2c(cc1OCC)CN(C(=O)CCn1c(=O)n(C)c3ccccc31)CC2. The predicted molar refractivity (Wildman–Crippen MR) is 120 cm³/mol. The lowest BCUT2D eigenvalue weighted by Gasteiger charge is -2.30. The van der Waals surface area contributed by atoms with E-state index in [4.69, 9.17) is 9.47 Å². The molecule has 0 N–H and O–H groups in total. The van der Waals surface area contributed by atoms with Crippen molar-refractivity contribution in [2.24, 2.45) is 7.05 Å². The fourth-order valence-corrected chi connectivity index (χ4v) is 4.26. The molecule has 1 aromatic heterocycles. The lowest BCUT2D eigenvalue weighted by Crippen LogP contribution is -2.37. The Labute approximate surface area is 181 Å². The average molecular weight is 424 g/mol. The Morgan fingerprint density at radius 1 is 1.00 bits per heavy atom. The summed E-state index contributed by atoms with van der Waals surface area (Å²) in [5, 5.41) is 0. The molecule has 0 atom stereocenters. The largest absolute Gasteiger partial charge is 0.490 e. The summed E-state index contributed by atoms with van der Waals surface area (Å²) in [5.41, 5.74) is 3.93. The van der Waals surface area contributed by atoms with Gasteiger partial charge in [-0.3, -0.25) is 13.9 Å². The van der Waals surface area contributed by atoms with Gasteiger partial charge in [0, 0.05) is 33.1 Å². The van der Waals surface area contributed by atoms with Crippen molar-refractivity contribution >= 4 is 16.9 Å². The molecule has 1 aliphatic rings. The van der Waals surface area contributed by atoms with Gasteiger partial charge in [0.1, 0.15) is 0 Å². The van der Waals surface area contributed by atoms with E-state index in [1.807, 2.05) is 55.1 Å². The molecule has 4 rings (SSSR count). The first-order valence-electron chi connectivity index (χ1n) is 10.9. The fraction of sp³-hybridized carbons (Fsp3) is 0.417. The maximum absolute atomic E-state index is 13.0. The molecule has 2 aromatic carbocycles. The molecular weight excluding hydrogens is 394 g/mol. The van der Waals surface area contributed by atoms with Gasteiger partial charge >= 0.3 is 5.69 Å². The molecule has 164 valence electrons. The van der Waals surface area contributed by atoms with Crippen LogP contribution in [0.15, 0.2) is 41.2 Å². The summed E-state index contributed by atoms with van der Waals surface area (Å²) >= 11 is 0. The summed E-state index contributed by atoms with van der Waals surface area (Å²) < 4.78 is 14.8. The highest BCUT2D eigenvalue weighted by molar-refractivity contribution is 5.78. The molecule has 1 amide bonds. The quantitative estimate of drug-likeness (QED) is 0.586. The summed E-state index contributed by atoms with van der Waals surface area (Å²) in [7, 11) is 1.76. The van der Waals surface area contributed by atoms with Crippen molar-refractivity contribution < 1.29 is 14.3 Å². The molecule has 0 bridgehead atoms. The molecule has 0 radical (unpaired) electrons. The van der Waals surface area contributed by atoms with Gasteiger partial charge in [0.2, 0.25) is 5.91 Å². The third kappa shape index (κ3) is 4.04. The van der Waals surface area contributed by atoms with Crippen LogP contribution in [0.2, 0.25) is 0 Å². The van der Waals surface area contributed by atoms with Crippen LogP contribution < -0.4 is 15.2 Å². The van der Waals surface area contributed by atoms with E-state index in [-0.39, 0.29) is 11.6 Å². The molecule has 1 aliphatic heterocycles. The monoisotopic (exact) mass is 423 g/mol. The fourth-order valence-electron chi connectivity index (χ4n) is 4.26. The van der Waals surface area contributed by atoms with Crippen molar-refractivity contribution in [1.82, 2.24) is 14.0 Å². The second kappa shape index (κ2) is 8.88. The Balaban J connectivity index is 1.49. The molecular formula is C24H29N3O4. The van der Waals surface area contributed by atoms with Crippen molar-refractivity contribution in [3.8, 4) is 11.5 Å². The maximum atomic E-state index is 13.0. The number of hydrogen-bond acceptors (Lipinski definition) is 4. The molecule has 0 unspecified atom stereocenters. The van der Waals surface area contributed by atoms with Crippen LogP contribution in [-0.4, -0.2) is 39.7 Å². The molecule has 0 saturated carbocycles. The first-order chi connectivity index (χ1) is 15.0. The molecule has 0 aliphatic carbocycles. The van der Waals surface area contributed by atoms with E-state index in [0.29, 0.717) is 39.3 Å². The van der Waals surface area contributed by atoms with Gasteiger partial charge in [0.15, 0.2) is 11.5 Å². The second-order valence-electron chi connectivity index (χ2n) is 7.73. The number of rotatable bonds is 7. The van der Waals surface area contributed by atoms with Gasteiger partial charge < -0.3 is 14.4 Å². The number of fused-ring (bicyclic) bond motifs is 2. The van der Waals surface area contributed by atoms with E-state index in [1.54, 1.807) is 16.2 Å². The predicted octanol–water partition coefficient (Wildman–Crippen LogP) is 3.11. The highest BCUT2D eigenvalue weighted by Crippen LogP contribution is 2.34. The Kier molecular flexibility index (Phi) is 6.02. The van der Waals surface area contributed by atoms with Crippen LogP contribution >= 0.6 is 0 Å². The third-order valence-electron chi connectivity index (χ3n) is 5.83. The van der Waals surface area contributed by atoms with Crippen molar-refractivity contribution in [1.29, 1.82) is 0 Å². The van der Waals surface area contributed by atoms with E-state index in [9.17, 15) is 9.59 Å². The van der Waals surface area contributed by atoms with E-state index in [1.165, 1.54) is 5.56 Å². The zero-order valence-electron chi connectivity index (χ0n) is 18.4. The Morgan fingerprint density at radius 2 is 1.65 bits per heavy atom. The molecule has 7 nitrogen and oxygen atoms in total. The molecule has 7 heteroatoms. The summed E-state index contributed by atoms with van der Waals surface area (Å²) in [4.78, 5) is 27.4. The standard InChI is InChI=1S/C24H29N3O4/c1-4-30-21-14-17-10-12-26(16-18(17)15-22(21)31-5-2)23(28)11-13-27-20-9-7-6-8-19(20)25(3)24(27)29/h6-9,14-15H,4-5,10-13,16H2,1-3H3. The van der Waals surface area contributed by atoms with E-state index >= 15 is 0 Å². The lowest BCUT2D eigenvalue weighted by atomic mass is 9.98. The van der Waals surface area contributed by atoms with Crippen LogP contribution in [-0.2, 0) is 31.4 Å². The Morgan fingerprint density at radius 3 is 2.32 bits per heavy atom. The maximum Gasteiger partial charge on any atom is 0.328 e. The first kappa shape index (κ1) is 21.0. The number of para-hydroxylation sites is 2. The second-order valence-corrected chi connectivity index (χ2v) is 7.73. The number of ether oxygens (including phenoxy) is 2. The van der Waals surface area contributed by atoms with E-state index in [0.717, 1.165) is 34.5 Å². The minimum absolute atomic E-state index is 0.0531. The highest BCUT2D eigenvalue weighted by atomic mass is 16.5. The van der Waals surface area contributed by atoms with E-state index in [2.05, 4.69) is 0 Å². The molecule has 3 aromatic rings. The van der Waals surface area contributed by atoms with Gasteiger partial charge in [-0.05, 0) is 55.7 Å². The van der Waals surface area contributed by atoms with Crippen LogP contribution in [0, 0.1) is 0 Å². The number of imidazole rings is 1. The molecule has 31 heavy (non-hydrogen) atoms. The molecule has 0 spiro atoms. The van der Waals surface area contributed by atoms with Gasteiger partial charge in [0.25, 0.3) is 0 Å². The van der Waals surface area contributed by atoms with Crippen LogP contribution in [0.4, 0.5) is 0 Å². The van der Waals surface area contributed by atoms with Crippen molar-refractivity contribution in [3.63, 3.8) is 0 Å².